The van der Waals surface area contributed by atoms with Crippen molar-refractivity contribution < 1.29 is 4.79 Å². The molecule has 0 spiro atoms. The fourth-order valence-corrected chi connectivity index (χ4v) is 2.06. The molecule has 0 amide bonds. The summed E-state index contributed by atoms with van der Waals surface area (Å²) in [5.41, 5.74) is 1.74. The Balaban J connectivity index is 1.88. The highest BCUT2D eigenvalue weighted by atomic mass is 32.2. The van der Waals surface area contributed by atoms with Crippen LogP contribution in [-0.4, -0.2) is 12.0 Å². The molecule has 2 aromatic carbocycles. The van der Waals surface area contributed by atoms with Gasteiger partial charge in [-0.3, -0.25) is 4.79 Å². The van der Waals surface area contributed by atoms with Crippen LogP contribution in [0.4, 0.5) is 0 Å². The minimum atomic E-state index is 0.703. The van der Waals surface area contributed by atoms with E-state index >= 15 is 0 Å². The number of carbonyl (C=O) groups is 1. The Morgan fingerprint density at radius 3 is 2.39 bits per heavy atom. The quantitative estimate of drug-likeness (QED) is 0.471. The van der Waals surface area contributed by atoms with Gasteiger partial charge in [-0.05, 0) is 24.3 Å². The van der Waals surface area contributed by atoms with Gasteiger partial charge in [0.2, 0.25) is 0 Å². The first-order valence-electron chi connectivity index (χ1n) is 5.60. The highest BCUT2D eigenvalue weighted by molar-refractivity contribution is 7.99. The molecule has 0 N–H and O–H groups in total. The summed E-state index contributed by atoms with van der Waals surface area (Å²) in [6.45, 7) is 0. The lowest BCUT2D eigenvalue weighted by atomic mass is 10.2. The number of rotatable bonds is 3. The van der Waals surface area contributed by atoms with Gasteiger partial charge in [0, 0.05) is 16.0 Å². The summed E-state index contributed by atoms with van der Waals surface area (Å²) in [7, 11) is 0. The standard InChI is InChI=1S/C16H12OS/c17-13-15-8-10-16(11-9-15)18-12-4-7-14-5-2-1-3-6-14/h1-3,5-6,8-11,13H,12H2. The SMILES string of the molecule is O=Cc1ccc(SCC#Cc2ccccc2)cc1. The van der Waals surface area contributed by atoms with Crippen LogP contribution in [0.25, 0.3) is 0 Å². The van der Waals surface area contributed by atoms with E-state index in [0.29, 0.717) is 5.56 Å². The normalized spacial score (nSPS) is 9.33. The van der Waals surface area contributed by atoms with Crippen LogP contribution >= 0.6 is 11.8 Å². The molecule has 0 saturated heterocycles. The molecule has 2 aromatic rings. The molecule has 1 nitrogen and oxygen atoms in total. The first-order chi connectivity index (χ1) is 8.88. The minimum Gasteiger partial charge on any atom is -0.298 e. The predicted octanol–water partition coefficient (Wildman–Crippen LogP) is 3.64. The molecule has 88 valence electrons. The Morgan fingerprint density at radius 1 is 1.00 bits per heavy atom. The Hall–Kier alpha value is -1.98. The second-order valence-electron chi connectivity index (χ2n) is 3.64. The van der Waals surface area contributed by atoms with Gasteiger partial charge in [-0.1, -0.05) is 42.2 Å². The highest BCUT2D eigenvalue weighted by Gasteiger charge is 1.92. The van der Waals surface area contributed by atoms with Crippen LogP contribution in [0.2, 0.25) is 0 Å². The number of hydrogen-bond donors (Lipinski definition) is 0. The number of carbonyl (C=O) groups excluding carboxylic acids is 1. The van der Waals surface area contributed by atoms with Crippen molar-refractivity contribution in [1.29, 1.82) is 0 Å². The van der Waals surface area contributed by atoms with Crippen molar-refractivity contribution in [3.8, 4) is 11.8 Å². The zero-order valence-corrected chi connectivity index (χ0v) is 10.6. The van der Waals surface area contributed by atoms with Gasteiger partial charge in [-0.2, -0.15) is 0 Å². The van der Waals surface area contributed by atoms with Crippen molar-refractivity contribution in [3.63, 3.8) is 0 Å². The Morgan fingerprint density at radius 2 is 1.72 bits per heavy atom. The maximum Gasteiger partial charge on any atom is 0.150 e. The van der Waals surface area contributed by atoms with Gasteiger partial charge < -0.3 is 0 Å². The third-order valence-corrected chi connectivity index (χ3v) is 3.23. The minimum absolute atomic E-state index is 0.703. The molecule has 0 aromatic heterocycles. The molecule has 0 heterocycles. The van der Waals surface area contributed by atoms with Crippen molar-refractivity contribution in [2.24, 2.45) is 0 Å². The van der Waals surface area contributed by atoms with Crippen molar-refractivity contribution in [2.45, 2.75) is 4.90 Å². The average molecular weight is 252 g/mol. The van der Waals surface area contributed by atoms with Gasteiger partial charge in [0.15, 0.2) is 0 Å². The van der Waals surface area contributed by atoms with Crippen molar-refractivity contribution in [2.75, 3.05) is 5.75 Å². The molecule has 0 unspecified atom stereocenters. The van der Waals surface area contributed by atoms with E-state index in [0.717, 1.165) is 22.5 Å². The third-order valence-electron chi connectivity index (χ3n) is 2.33. The summed E-state index contributed by atoms with van der Waals surface area (Å²) in [5, 5.41) is 0. The number of aldehydes is 1. The molecule has 0 aliphatic carbocycles. The van der Waals surface area contributed by atoms with Gasteiger partial charge in [0.05, 0.1) is 5.75 Å². The highest BCUT2D eigenvalue weighted by Crippen LogP contribution is 2.17. The van der Waals surface area contributed by atoms with E-state index in [9.17, 15) is 4.79 Å². The molecule has 0 atom stereocenters. The van der Waals surface area contributed by atoms with Gasteiger partial charge in [-0.15, -0.1) is 11.8 Å². The molecule has 0 fully saturated rings. The zero-order chi connectivity index (χ0) is 12.6. The number of benzene rings is 2. The van der Waals surface area contributed by atoms with E-state index in [2.05, 4.69) is 11.8 Å². The maximum absolute atomic E-state index is 10.5. The summed E-state index contributed by atoms with van der Waals surface area (Å²) < 4.78 is 0. The van der Waals surface area contributed by atoms with Crippen LogP contribution < -0.4 is 0 Å². The Labute approximate surface area is 111 Å². The van der Waals surface area contributed by atoms with Crippen LogP contribution in [0, 0.1) is 11.8 Å². The first kappa shape index (κ1) is 12.5. The van der Waals surface area contributed by atoms with Crippen LogP contribution in [0.5, 0.6) is 0 Å². The molecular formula is C16H12OS. The second-order valence-corrected chi connectivity index (χ2v) is 4.69. The first-order valence-corrected chi connectivity index (χ1v) is 6.59. The van der Waals surface area contributed by atoms with E-state index < -0.39 is 0 Å². The molecule has 18 heavy (non-hydrogen) atoms. The largest absolute Gasteiger partial charge is 0.298 e. The number of thioether (sulfide) groups is 1. The molecular weight excluding hydrogens is 240 g/mol. The smallest absolute Gasteiger partial charge is 0.150 e. The monoisotopic (exact) mass is 252 g/mol. The van der Waals surface area contributed by atoms with E-state index in [-0.39, 0.29) is 0 Å². The van der Waals surface area contributed by atoms with E-state index in [1.54, 1.807) is 11.8 Å². The molecule has 0 aliphatic rings. The summed E-state index contributed by atoms with van der Waals surface area (Å²) in [6, 6.07) is 17.5. The molecule has 0 radical (unpaired) electrons. The van der Waals surface area contributed by atoms with Crippen molar-refractivity contribution >= 4 is 18.0 Å². The summed E-state index contributed by atoms with van der Waals surface area (Å²) in [6.07, 6.45) is 0.851. The molecule has 2 rings (SSSR count). The van der Waals surface area contributed by atoms with Crippen LogP contribution in [0.15, 0.2) is 59.5 Å². The molecule has 0 saturated carbocycles. The van der Waals surface area contributed by atoms with Gasteiger partial charge >= 0.3 is 0 Å². The van der Waals surface area contributed by atoms with Gasteiger partial charge in [0.1, 0.15) is 6.29 Å². The number of hydrogen-bond acceptors (Lipinski definition) is 2. The van der Waals surface area contributed by atoms with Crippen molar-refractivity contribution in [1.82, 2.24) is 0 Å². The molecule has 2 heteroatoms. The van der Waals surface area contributed by atoms with E-state index in [1.807, 2.05) is 54.6 Å². The van der Waals surface area contributed by atoms with E-state index in [1.165, 1.54) is 0 Å². The topological polar surface area (TPSA) is 17.1 Å². The Kier molecular flexibility index (Phi) is 4.63. The van der Waals surface area contributed by atoms with Crippen molar-refractivity contribution in [3.05, 3.63) is 65.7 Å². The summed E-state index contributed by atoms with van der Waals surface area (Å²) in [5.74, 6) is 6.98. The Bertz CT molecular complexity index is 562. The zero-order valence-electron chi connectivity index (χ0n) is 9.80. The molecule has 0 bridgehead atoms. The molecule has 0 aliphatic heterocycles. The lowest BCUT2D eigenvalue weighted by Gasteiger charge is -1.96. The van der Waals surface area contributed by atoms with Gasteiger partial charge in [0.25, 0.3) is 0 Å². The van der Waals surface area contributed by atoms with Crippen LogP contribution in [0.1, 0.15) is 15.9 Å². The van der Waals surface area contributed by atoms with Crippen LogP contribution in [-0.2, 0) is 0 Å². The lowest BCUT2D eigenvalue weighted by molar-refractivity contribution is 0.112. The second kappa shape index (κ2) is 6.68. The van der Waals surface area contributed by atoms with Crippen LogP contribution in [0.3, 0.4) is 0 Å². The van der Waals surface area contributed by atoms with Gasteiger partial charge in [-0.25, -0.2) is 0 Å². The predicted molar refractivity (Wildman–Crippen MR) is 75.9 cm³/mol. The average Bonchev–Trinajstić information content (AvgIpc) is 2.45. The lowest BCUT2D eigenvalue weighted by Crippen LogP contribution is -1.80. The van der Waals surface area contributed by atoms with E-state index in [4.69, 9.17) is 0 Å². The fourth-order valence-electron chi connectivity index (χ4n) is 1.42. The fraction of sp³-hybridized carbons (Fsp3) is 0.0625. The maximum atomic E-state index is 10.5. The third kappa shape index (κ3) is 3.80. The summed E-state index contributed by atoms with van der Waals surface area (Å²) in [4.78, 5) is 11.6. The summed E-state index contributed by atoms with van der Waals surface area (Å²) >= 11 is 1.67.